The van der Waals surface area contributed by atoms with Gasteiger partial charge in [0.05, 0.1) is 13.5 Å². The van der Waals surface area contributed by atoms with Crippen molar-refractivity contribution >= 4 is 23.0 Å². The Hall–Kier alpha value is -0.970. The number of nitrogens with zero attached hydrogens (tertiary/aromatic N) is 1. The van der Waals surface area contributed by atoms with E-state index < -0.39 is 0 Å². The van der Waals surface area contributed by atoms with E-state index in [1.54, 1.807) is 0 Å². The summed E-state index contributed by atoms with van der Waals surface area (Å²) in [7, 11) is 1.37. The number of piperidine rings is 1. The van der Waals surface area contributed by atoms with Gasteiger partial charge in [0.15, 0.2) is 0 Å². The molecule has 0 spiro atoms. The topological polar surface area (TPSA) is 46.6 Å². The van der Waals surface area contributed by atoms with Gasteiger partial charge in [0.25, 0.3) is 5.24 Å². The van der Waals surface area contributed by atoms with Crippen LogP contribution >= 0.6 is 11.8 Å². The summed E-state index contributed by atoms with van der Waals surface area (Å²) in [6.07, 6.45) is 7.43. The van der Waals surface area contributed by atoms with E-state index in [1.165, 1.54) is 37.3 Å². The fourth-order valence-electron chi connectivity index (χ4n) is 2.71. The third-order valence-corrected chi connectivity index (χ3v) is 4.74. The zero-order valence-corrected chi connectivity index (χ0v) is 12.2. The fraction of sp³-hybridized carbons (Fsp3) is 0.714. The third kappa shape index (κ3) is 4.00. The van der Waals surface area contributed by atoms with E-state index >= 15 is 0 Å². The van der Waals surface area contributed by atoms with Crippen molar-refractivity contribution in [3.63, 3.8) is 0 Å². The highest BCUT2D eigenvalue weighted by atomic mass is 32.2. The van der Waals surface area contributed by atoms with E-state index in [9.17, 15) is 9.59 Å². The standard InChI is InChI=1S/C14H21NO3S/c1-18-13(16)7-9-19-14(17)15-8-6-11-4-2-3-5-12(11)10-15/h5,11H,2-4,6-10H2,1H3. The Morgan fingerprint density at radius 1 is 1.47 bits per heavy atom. The van der Waals surface area contributed by atoms with Crippen molar-refractivity contribution in [2.75, 3.05) is 26.0 Å². The van der Waals surface area contributed by atoms with Gasteiger partial charge in [-0.2, -0.15) is 0 Å². The van der Waals surface area contributed by atoms with Crippen molar-refractivity contribution in [2.24, 2.45) is 5.92 Å². The van der Waals surface area contributed by atoms with Crippen LogP contribution in [0.5, 0.6) is 0 Å². The number of ether oxygens (including phenoxy) is 1. The van der Waals surface area contributed by atoms with Crippen molar-refractivity contribution in [3.8, 4) is 0 Å². The maximum absolute atomic E-state index is 12.1. The second kappa shape index (κ2) is 6.98. The van der Waals surface area contributed by atoms with Crippen LogP contribution in [0.4, 0.5) is 4.79 Å². The molecule has 4 nitrogen and oxygen atoms in total. The number of likely N-dealkylation sites (tertiary alicyclic amines) is 1. The first kappa shape index (κ1) is 14.4. The van der Waals surface area contributed by atoms with Gasteiger partial charge in [-0.05, 0) is 31.6 Å². The predicted molar refractivity (Wildman–Crippen MR) is 76.1 cm³/mol. The van der Waals surface area contributed by atoms with Crippen molar-refractivity contribution in [3.05, 3.63) is 11.6 Å². The van der Waals surface area contributed by atoms with E-state index in [1.807, 2.05) is 4.90 Å². The van der Waals surface area contributed by atoms with Crippen LogP contribution < -0.4 is 0 Å². The van der Waals surface area contributed by atoms with E-state index in [2.05, 4.69) is 10.8 Å². The molecule has 5 heteroatoms. The maximum atomic E-state index is 12.1. The number of amides is 1. The molecule has 1 aliphatic carbocycles. The SMILES string of the molecule is COC(=O)CCSC(=O)N1CCC2CCCC=C2C1. The Kier molecular flexibility index (Phi) is 5.31. The largest absolute Gasteiger partial charge is 0.469 e. The maximum Gasteiger partial charge on any atom is 0.306 e. The molecule has 1 atom stereocenters. The number of fused-ring (bicyclic) bond motifs is 1. The van der Waals surface area contributed by atoms with Crippen LogP contribution in [0, 0.1) is 5.92 Å². The van der Waals surface area contributed by atoms with Crippen LogP contribution in [0.15, 0.2) is 11.6 Å². The monoisotopic (exact) mass is 283 g/mol. The molecule has 19 heavy (non-hydrogen) atoms. The lowest BCUT2D eigenvalue weighted by atomic mass is 9.83. The molecule has 0 aromatic carbocycles. The number of rotatable bonds is 3. The summed E-state index contributed by atoms with van der Waals surface area (Å²) >= 11 is 1.22. The number of allylic oxidation sites excluding steroid dienone is 1. The first-order valence-corrected chi connectivity index (χ1v) is 7.86. The highest BCUT2D eigenvalue weighted by Gasteiger charge is 2.27. The number of carbonyl (C=O) groups is 2. The van der Waals surface area contributed by atoms with Gasteiger partial charge < -0.3 is 9.64 Å². The fourth-order valence-corrected chi connectivity index (χ4v) is 3.49. The van der Waals surface area contributed by atoms with Crippen LogP contribution in [0.1, 0.15) is 32.1 Å². The van der Waals surface area contributed by atoms with Crippen LogP contribution in [-0.4, -0.2) is 42.1 Å². The normalized spacial score (nSPS) is 22.5. The molecule has 1 aliphatic heterocycles. The summed E-state index contributed by atoms with van der Waals surface area (Å²) in [5, 5.41) is 0.0915. The highest BCUT2D eigenvalue weighted by Crippen LogP contribution is 2.32. The zero-order valence-electron chi connectivity index (χ0n) is 11.4. The smallest absolute Gasteiger partial charge is 0.306 e. The van der Waals surface area contributed by atoms with Gasteiger partial charge in [0.2, 0.25) is 0 Å². The molecule has 1 amide bonds. The molecule has 0 N–H and O–H groups in total. The summed E-state index contributed by atoms with van der Waals surface area (Å²) < 4.78 is 4.56. The molecule has 2 aliphatic rings. The summed E-state index contributed by atoms with van der Waals surface area (Å²) in [4.78, 5) is 25.0. The Balaban J connectivity index is 1.77. The lowest BCUT2D eigenvalue weighted by Gasteiger charge is -2.36. The Morgan fingerprint density at radius 3 is 3.11 bits per heavy atom. The Labute approximate surface area is 118 Å². The summed E-state index contributed by atoms with van der Waals surface area (Å²) in [5.74, 6) is 0.955. The van der Waals surface area contributed by atoms with Gasteiger partial charge in [-0.3, -0.25) is 9.59 Å². The number of hydrogen-bond acceptors (Lipinski definition) is 4. The Morgan fingerprint density at radius 2 is 2.32 bits per heavy atom. The molecule has 2 rings (SSSR count). The average Bonchev–Trinajstić information content (AvgIpc) is 2.46. The molecule has 0 saturated carbocycles. The molecular weight excluding hydrogens is 262 g/mol. The van der Waals surface area contributed by atoms with E-state index in [0.29, 0.717) is 18.1 Å². The van der Waals surface area contributed by atoms with Gasteiger partial charge in [-0.1, -0.05) is 23.4 Å². The average molecular weight is 283 g/mol. The predicted octanol–water partition coefficient (Wildman–Crippen LogP) is 2.83. The molecule has 106 valence electrons. The highest BCUT2D eigenvalue weighted by molar-refractivity contribution is 8.13. The second-order valence-corrected chi connectivity index (χ2v) is 6.10. The molecular formula is C14H21NO3S. The number of esters is 1. The number of carbonyl (C=O) groups excluding carboxylic acids is 2. The van der Waals surface area contributed by atoms with E-state index in [0.717, 1.165) is 25.9 Å². The van der Waals surface area contributed by atoms with Crippen LogP contribution in [-0.2, 0) is 9.53 Å². The molecule has 0 radical (unpaired) electrons. The van der Waals surface area contributed by atoms with Crippen molar-refractivity contribution in [2.45, 2.75) is 32.1 Å². The zero-order chi connectivity index (χ0) is 13.7. The van der Waals surface area contributed by atoms with Crippen LogP contribution in [0.2, 0.25) is 0 Å². The van der Waals surface area contributed by atoms with E-state index in [4.69, 9.17) is 0 Å². The molecule has 1 unspecified atom stereocenters. The minimum atomic E-state index is -0.256. The van der Waals surface area contributed by atoms with Gasteiger partial charge >= 0.3 is 5.97 Å². The minimum absolute atomic E-state index is 0.0915. The molecule has 1 saturated heterocycles. The second-order valence-electron chi connectivity index (χ2n) is 5.06. The lowest BCUT2D eigenvalue weighted by Crippen LogP contribution is -2.38. The number of thioether (sulfide) groups is 1. The molecule has 0 aromatic heterocycles. The molecule has 0 aromatic rings. The van der Waals surface area contributed by atoms with Crippen LogP contribution in [0.25, 0.3) is 0 Å². The summed E-state index contributed by atoms with van der Waals surface area (Å²) in [6, 6.07) is 0. The van der Waals surface area contributed by atoms with Gasteiger partial charge in [0, 0.05) is 18.8 Å². The molecule has 1 heterocycles. The number of methoxy groups -OCH3 is 1. The van der Waals surface area contributed by atoms with Crippen LogP contribution in [0.3, 0.4) is 0 Å². The van der Waals surface area contributed by atoms with Gasteiger partial charge in [0.1, 0.15) is 0 Å². The van der Waals surface area contributed by atoms with Gasteiger partial charge in [-0.25, -0.2) is 0 Å². The minimum Gasteiger partial charge on any atom is -0.469 e. The van der Waals surface area contributed by atoms with E-state index in [-0.39, 0.29) is 11.2 Å². The first-order chi connectivity index (χ1) is 9.20. The lowest BCUT2D eigenvalue weighted by molar-refractivity contribution is -0.140. The summed E-state index contributed by atoms with van der Waals surface area (Å²) in [6.45, 7) is 1.64. The molecule has 0 bridgehead atoms. The van der Waals surface area contributed by atoms with Gasteiger partial charge in [-0.15, -0.1) is 0 Å². The third-order valence-electron chi connectivity index (χ3n) is 3.83. The van der Waals surface area contributed by atoms with Crippen molar-refractivity contribution in [1.82, 2.24) is 4.90 Å². The first-order valence-electron chi connectivity index (χ1n) is 6.88. The number of hydrogen-bond donors (Lipinski definition) is 0. The van der Waals surface area contributed by atoms with Crippen molar-refractivity contribution in [1.29, 1.82) is 0 Å². The molecule has 1 fully saturated rings. The Bertz CT molecular complexity index is 381. The van der Waals surface area contributed by atoms with Crippen molar-refractivity contribution < 1.29 is 14.3 Å². The summed E-state index contributed by atoms with van der Waals surface area (Å²) in [5.41, 5.74) is 1.44. The quantitative estimate of drug-likeness (QED) is 0.590.